The number of ether oxygens (including phenoxy) is 1. The monoisotopic (exact) mass is 234 g/mol. The van der Waals surface area contributed by atoms with Crippen LogP contribution in [-0.4, -0.2) is 12.9 Å². The number of carbonyl (C=O) groups excluding carboxylic acids is 1. The first-order valence-electron chi connectivity index (χ1n) is 6.20. The minimum absolute atomic E-state index is 0.103. The van der Waals surface area contributed by atoms with Crippen LogP contribution in [0.3, 0.4) is 0 Å². The van der Waals surface area contributed by atoms with Gasteiger partial charge in [-0.3, -0.25) is 4.79 Å². The number of methoxy groups -OCH3 is 1. The van der Waals surface area contributed by atoms with Gasteiger partial charge in [0, 0.05) is 11.5 Å². The van der Waals surface area contributed by atoms with E-state index in [0.29, 0.717) is 0 Å². The third-order valence-electron chi connectivity index (χ3n) is 3.18. The Bertz CT molecular complexity index is 408. The number of hydrogen-bond acceptors (Lipinski definition) is 2. The summed E-state index contributed by atoms with van der Waals surface area (Å²) < 4.78 is 5.26. The number of Topliss-reactive ketones (excluding diaryl/α,β-unsaturated/α-hetero) is 1. The van der Waals surface area contributed by atoms with Gasteiger partial charge in [-0.25, -0.2) is 0 Å². The molecule has 0 aliphatic carbocycles. The van der Waals surface area contributed by atoms with Gasteiger partial charge < -0.3 is 4.74 Å². The van der Waals surface area contributed by atoms with E-state index in [1.807, 2.05) is 32.9 Å². The van der Waals surface area contributed by atoms with Crippen LogP contribution in [0.25, 0.3) is 0 Å². The first-order chi connectivity index (χ1) is 8.01. The van der Waals surface area contributed by atoms with Gasteiger partial charge in [-0.15, -0.1) is 0 Å². The van der Waals surface area contributed by atoms with Gasteiger partial charge in [0.2, 0.25) is 0 Å². The maximum atomic E-state index is 12.3. The predicted molar refractivity (Wildman–Crippen MR) is 70.9 cm³/mol. The van der Waals surface area contributed by atoms with Crippen molar-refractivity contribution in [1.82, 2.24) is 0 Å². The van der Waals surface area contributed by atoms with E-state index in [-0.39, 0.29) is 11.7 Å². The number of ketones is 1. The van der Waals surface area contributed by atoms with E-state index in [2.05, 4.69) is 6.92 Å². The van der Waals surface area contributed by atoms with Gasteiger partial charge in [0.05, 0.1) is 7.11 Å². The van der Waals surface area contributed by atoms with Gasteiger partial charge in [-0.05, 0) is 43.5 Å². The van der Waals surface area contributed by atoms with E-state index in [4.69, 9.17) is 4.74 Å². The van der Waals surface area contributed by atoms with E-state index >= 15 is 0 Å². The molecule has 0 amide bonds. The lowest BCUT2D eigenvalue weighted by Gasteiger charge is -2.14. The van der Waals surface area contributed by atoms with Crippen LogP contribution in [0.5, 0.6) is 5.75 Å². The lowest BCUT2D eigenvalue weighted by molar-refractivity contribution is 0.0923. The summed E-state index contributed by atoms with van der Waals surface area (Å²) in [5.74, 6) is 1.20. The van der Waals surface area contributed by atoms with Crippen molar-refractivity contribution in [3.63, 3.8) is 0 Å². The predicted octanol–water partition coefficient (Wildman–Crippen LogP) is 3.93. The van der Waals surface area contributed by atoms with Crippen LogP contribution in [0.2, 0.25) is 0 Å². The quantitative estimate of drug-likeness (QED) is 0.721. The van der Waals surface area contributed by atoms with Crippen molar-refractivity contribution in [1.29, 1.82) is 0 Å². The molecule has 0 radical (unpaired) electrons. The molecule has 0 saturated heterocycles. The summed E-state index contributed by atoms with van der Waals surface area (Å²) in [6.07, 6.45) is 1.99. The van der Waals surface area contributed by atoms with Crippen molar-refractivity contribution in [2.75, 3.05) is 7.11 Å². The average molecular weight is 234 g/mol. The van der Waals surface area contributed by atoms with Crippen molar-refractivity contribution < 1.29 is 9.53 Å². The highest BCUT2D eigenvalue weighted by atomic mass is 16.5. The molecule has 0 N–H and O–H groups in total. The van der Waals surface area contributed by atoms with Crippen molar-refractivity contribution in [3.8, 4) is 5.75 Å². The molecule has 0 fully saturated rings. The molecule has 0 heterocycles. The van der Waals surface area contributed by atoms with E-state index < -0.39 is 0 Å². The largest absolute Gasteiger partial charge is 0.496 e. The molecule has 1 rings (SSSR count). The molecule has 1 atom stereocenters. The Morgan fingerprint density at radius 2 is 1.94 bits per heavy atom. The van der Waals surface area contributed by atoms with E-state index in [1.165, 1.54) is 0 Å². The fourth-order valence-electron chi connectivity index (χ4n) is 2.10. The number of rotatable bonds is 5. The zero-order valence-corrected chi connectivity index (χ0v) is 11.5. The summed E-state index contributed by atoms with van der Waals surface area (Å²) in [6, 6.07) is 3.89. The Hall–Kier alpha value is -1.31. The second-order valence-electron chi connectivity index (χ2n) is 4.69. The first-order valence-corrected chi connectivity index (χ1v) is 6.20. The molecule has 1 unspecified atom stereocenters. The van der Waals surface area contributed by atoms with Crippen LogP contribution >= 0.6 is 0 Å². The Morgan fingerprint density at radius 1 is 1.29 bits per heavy atom. The van der Waals surface area contributed by atoms with Gasteiger partial charge in [-0.1, -0.05) is 20.3 Å². The first kappa shape index (κ1) is 13.8. The summed E-state index contributed by atoms with van der Waals surface area (Å²) in [5, 5.41) is 0. The molecule has 2 nitrogen and oxygen atoms in total. The summed E-state index contributed by atoms with van der Waals surface area (Å²) in [7, 11) is 1.66. The molecule has 0 saturated carbocycles. The summed E-state index contributed by atoms with van der Waals surface area (Å²) in [4.78, 5) is 12.3. The van der Waals surface area contributed by atoms with Crippen LogP contribution in [0.15, 0.2) is 12.1 Å². The number of hydrogen-bond donors (Lipinski definition) is 0. The van der Waals surface area contributed by atoms with Crippen molar-refractivity contribution in [2.45, 2.75) is 40.5 Å². The zero-order valence-electron chi connectivity index (χ0n) is 11.5. The van der Waals surface area contributed by atoms with Gasteiger partial charge in [0.1, 0.15) is 5.75 Å². The number of carbonyl (C=O) groups is 1. The normalized spacial score (nSPS) is 12.3. The molecule has 1 aromatic rings. The van der Waals surface area contributed by atoms with Crippen LogP contribution in [-0.2, 0) is 0 Å². The lowest BCUT2D eigenvalue weighted by Crippen LogP contribution is -2.13. The molecule has 94 valence electrons. The Morgan fingerprint density at radius 3 is 2.47 bits per heavy atom. The molecule has 17 heavy (non-hydrogen) atoms. The van der Waals surface area contributed by atoms with Crippen molar-refractivity contribution in [2.24, 2.45) is 5.92 Å². The third-order valence-corrected chi connectivity index (χ3v) is 3.18. The highest BCUT2D eigenvalue weighted by Crippen LogP contribution is 2.25. The molecule has 2 heteroatoms. The minimum atomic E-state index is 0.103. The second kappa shape index (κ2) is 5.85. The summed E-state index contributed by atoms with van der Waals surface area (Å²) >= 11 is 0. The highest BCUT2D eigenvalue weighted by molar-refractivity contribution is 5.99. The zero-order chi connectivity index (χ0) is 13.0. The van der Waals surface area contributed by atoms with Crippen molar-refractivity contribution >= 4 is 5.78 Å². The molecule has 1 aromatic carbocycles. The van der Waals surface area contributed by atoms with Crippen LogP contribution in [0, 0.1) is 19.8 Å². The van der Waals surface area contributed by atoms with Crippen molar-refractivity contribution in [3.05, 3.63) is 28.8 Å². The van der Waals surface area contributed by atoms with Crippen LogP contribution in [0.1, 0.15) is 48.2 Å². The second-order valence-corrected chi connectivity index (χ2v) is 4.69. The smallest absolute Gasteiger partial charge is 0.165 e. The Balaban J connectivity index is 3.06. The fraction of sp³-hybridized carbons (Fsp3) is 0.533. The molecule has 0 bridgehead atoms. The highest BCUT2D eigenvalue weighted by Gasteiger charge is 2.17. The Labute approximate surface area is 104 Å². The van der Waals surface area contributed by atoms with E-state index in [9.17, 15) is 4.79 Å². The van der Waals surface area contributed by atoms with Crippen LogP contribution in [0.4, 0.5) is 0 Å². The van der Waals surface area contributed by atoms with Gasteiger partial charge >= 0.3 is 0 Å². The average Bonchev–Trinajstić information content (AvgIpc) is 2.31. The SMILES string of the molecule is CCCC(C)C(=O)c1cc(C)c(OC)cc1C. The fourth-order valence-corrected chi connectivity index (χ4v) is 2.10. The minimum Gasteiger partial charge on any atom is -0.496 e. The molecular weight excluding hydrogens is 212 g/mol. The lowest BCUT2D eigenvalue weighted by atomic mass is 9.91. The number of benzene rings is 1. The van der Waals surface area contributed by atoms with Crippen LogP contribution < -0.4 is 4.74 Å². The van der Waals surface area contributed by atoms with E-state index in [0.717, 1.165) is 35.3 Å². The Kier molecular flexibility index (Phi) is 4.73. The standard InChI is InChI=1S/C15H22O2/c1-6-7-10(2)15(16)13-8-12(4)14(17-5)9-11(13)3/h8-10H,6-7H2,1-5H3. The number of aryl methyl sites for hydroxylation is 2. The molecular formula is C15H22O2. The molecule has 0 aliphatic heterocycles. The maximum absolute atomic E-state index is 12.3. The van der Waals surface area contributed by atoms with Gasteiger partial charge in [0.25, 0.3) is 0 Å². The maximum Gasteiger partial charge on any atom is 0.165 e. The topological polar surface area (TPSA) is 26.3 Å². The molecule has 0 aliphatic rings. The van der Waals surface area contributed by atoms with Gasteiger partial charge in [0.15, 0.2) is 5.78 Å². The molecule has 0 aromatic heterocycles. The third kappa shape index (κ3) is 3.09. The molecule has 0 spiro atoms. The summed E-state index contributed by atoms with van der Waals surface area (Å²) in [5.41, 5.74) is 2.86. The summed E-state index contributed by atoms with van der Waals surface area (Å²) in [6.45, 7) is 8.05. The van der Waals surface area contributed by atoms with E-state index in [1.54, 1.807) is 7.11 Å². The van der Waals surface area contributed by atoms with Gasteiger partial charge in [-0.2, -0.15) is 0 Å².